The summed E-state index contributed by atoms with van der Waals surface area (Å²) < 4.78 is 22.9. The number of hydrogen-bond donors (Lipinski definition) is 2. The molecule has 0 saturated carbocycles. The van der Waals surface area contributed by atoms with Crippen molar-refractivity contribution in [3.63, 3.8) is 0 Å². The van der Waals surface area contributed by atoms with Crippen LogP contribution in [0.3, 0.4) is 0 Å². The molecule has 0 atom stereocenters. The third-order valence-electron chi connectivity index (χ3n) is 3.91. The molecule has 0 aromatic heterocycles. The van der Waals surface area contributed by atoms with Crippen molar-refractivity contribution in [2.24, 2.45) is 5.14 Å². The molecule has 1 rings (SSSR count). The summed E-state index contributed by atoms with van der Waals surface area (Å²) in [5.41, 5.74) is -0.0680. The predicted octanol–water partition coefficient (Wildman–Crippen LogP) is 2.69. The van der Waals surface area contributed by atoms with Crippen LogP contribution in [-0.4, -0.2) is 19.9 Å². The lowest BCUT2D eigenvalue weighted by Crippen LogP contribution is -2.47. The van der Waals surface area contributed by atoms with E-state index in [4.69, 9.17) is 16.7 Å². The molecule has 1 amide bonds. The van der Waals surface area contributed by atoms with Crippen molar-refractivity contribution in [3.8, 4) is 0 Å². The number of nitrogens with two attached hydrogens (primary N) is 1. The quantitative estimate of drug-likeness (QED) is 0.839. The van der Waals surface area contributed by atoms with Gasteiger partial charge >= 0.3 is 0 Å². The standard InChI is InChI=1S/C14H21ClN2O3S/c1-4-14(5-2,6-3)17-13(18)10-7-8-11(15)12(9-10)21(16,19)20/h7-9H,4-6H2,1-3H3,(H,17,18)(H2,16,19,20). The number of benzene rings is 1. The number of halogens is 1. The summed E-state index contributed by atoms with van der Waals surface area (Å²) in [5, 5.41) is 8.07. The van der Waals surface area contributed by atoms with Gasteiger partial charge in [-0.25, -0.2) is 13.6 Å². The van der Waals surface area contributed by atoms with Crippen LogP contribution < -0.4 is 10.5 Å². The molecule has 118 valence electrons. The van der Waals surface area contributed by atoms with E-state index in [1.165, 1.54) is 18.2 Å². The lowest BCUT2D eigenvalue weighted by Gasteiger charge is -2.31. The van der Waals surface area contributed by atoms with Gasteiger partial charge in [-0.1, -0.05) is 32.4 Å². The molecule has 1 aromatic carbocycles. The second-order valence-corrected chi connectivity index (χ2v) is 6.92. The molecule has 0 heterocycles. The molecule has 0 bridgehead atoms. The molecular formula is C14H21ClN2O3S. The van der Waals surface area contributed by atoms with Crippen LogP contribution in [0.1, 0.15) is 50.4 Å². The summed E-state index contributed by atoms with van der Waals surface area (Å²) in [6, 6.07) is 4.05. The third kappa shape index (κ3) is 4.18. The number of amides is 1. The zero-order valence-electron chi connectivity index (χ0n) is 12.4. The second-order valence-electron chi connectivity index (χ2n) is 4.99. The molecule has 0 aliphatic heterocycles. The first-order chi connectivity index (χ1) is 9.69. The van der Waals surface area contributed by atoms with Crippen LogP contribution in [0, 0.1) is 0 Å². The Kier molecular flexibility index (Phi) is 5.78. The van der Waals surface area contributed by atoms with Gasteiger partial charge in [0.15, 0.2) is 0 Å². The zero-order chi connectivity index (χ0) is 16.3. The minimum Gasteiger partial charge on any atom is -0.347 e. The molecule has 0 spiro atoms. The average Bonchev–Trinajstić information content (AvgIpc) is 2.44. The lowest BCUT2D eigenvalue weighted by molar-refractivity contribution is 0.0888. The van der Waals surface area contributed by atoms with E-state index in [1.54, 1.807) is 0 Å². The Balaban J connectivity index is 3.15. The van der Waals surface area contributed by atoms with Crippen LogP contribution in [-0.2, 0) is 10.0 Å². The van der Waals surface area contributed by atoms with Crippen LogP contribution in [0.4, 0.5) is 0 Å². The number of sulfonamides is 1. The molecule has 0 fully saturated rings. The third-order valence-corrected chi connectivity index (χ3v) is 5.30. The monoisotopic (exact) mass is 332 g/mol. The summed E-state index contributed by atoms with van der Waals surface area (Å²) >= 11 is 5.81. The fourth-order valence-corrected chi connectivity index (χ4v) is 3.26. The number of nitrogens with one attached hydrogen (secondary N) is 1. The van der Waals surface area contributed by atoms with Gasteiger partial charge in [0.1, 0.15) is 4.90 Å². The Labute approximate surface area is 130 Å². The Bertz CT molecular complexity index is 617. The summed E-state index contributed by atoms with van der Waals surface area (Å²) in [4.78, 5) is 12.1. The van der Waals surface area contributed by atoms with Crippen molar-refractivity contribution < 1.29 is 13.2 Å². The van der Waals surface area contributed by atoms with E-state index in [9.17, 15) is 13.2 Å². The highest BCUT2D eigenvalue weighted by Gasteiger charge is 2.27. The van der Waals surface area contributed by atoms with Crippen molar-refractivity contribution in [1.82, 2.24) is 5.32 Å². The van der Waals surface area contributed by atoms with Gasteiger partial charge in [-0.15, -0.1) is 0 Å². The van der Waals surface area contributed by atoms with E-state index < -0.39 is 10.0 Å². The van der Waals surface area contributed by atoms with E-state index in [-0.39, 0.29) is 26.9 Å². The maximum atomic E-state index is 12.3. The first-order valence-electron chi connectivity index (χ1n) is 6.84. The Hall–Kier alpha value is -1.11. The number of rotatable bonds is 6. The highest BCUT2D eigenvalue weighted by molar-refractivity contribution is 7.89. The molecular weight excluding hydrogens is 312 g/mol. The van der Waals surface area contributed by atoms with Crippen molar-refractivity contribution in [2.45, 2.75) is 50.5 Å². The second kappa shape index (κ2) is 6.77. The van der Waals surface area contributed by atoms with Crippen LogP contribution in [0.25, 0.3) is 0 Å². The molecule has 21 heavy (non-hydrogen) atoms. The van der Waals surface area contributed by atoms with Crippen molar-refractivity contribution in [2.75, 3.05) is 0 Å². The van der Waals surface area contributed by atoms with Crippen molar-refractivity contribution in [1.29, 1.82) is 0 Å². The number of primary sulfonamides is 1. The summed E-state index contributed by atoms with van der Waals surface area (Å²) in [6.45, 7) is 6.01. The van der Waals surface area contributed by atoms with Crippen molar-refractivity contribution >= 4 is 27.5 Å². The fourth-order valence-electron chi connectivity index (χ4n) is 2.19. The van der Waals surface area contributed by atoms with Crippen LogP contribution in [0.2, 0.25) is 5.02 Å². The molecule has 0 saturated heterocycles. The van der Waals surface area contributed by atoms with Gasteiger partial charge in [-0.05, 0) is 37.5 Å². The Morgan fingerprint density at radius 2 is 1.76 bits per heavy atom. The van der Waals surface area contributed by atoms with Gasteiger partial charge < -0.3 is 5.32 Å². The molecule has 1 aromatic rings. The maximum absolute atomic E-state index is 12.3. The first kappa shape index (κ1) is 17.9. The summed E-state index contributed by atoms with van der Waals surface area (Å²) in [7, 11) is -3.96. The molecule has 0 aliphatic carbocycles. The summed E-state index contributed by atoms with van der Waals surface area (Å²) in [5.74, 6) is -0.331. The topological polar surface area (TPSA) is 89.3 Å². The predicted molar refractivity (Wildman–Crippen MR) is 83.9 cm³/mol. The highest BCUT2D eigenvalue weighted by atomic mass is 35.5. The van der Waals surface area contributed by atoms with Crippen LogP contribution >= 0.6 is 11.6 Å². The zero-order valence-corrected chi connectivity index (χ0v) is 14.0. The average molecular weight is 333 g/mol. The van der Waals surface area contributed by atoms with Gasteiger partial charge in [-0.3, -0.25) is 4.79 Å². The molecule has 0 aliphatic rings. The van der Waals surface area contributed by atoms with Gasteiger partial charge in [-0.2, -0.15) is 0 Å². The normalized spacial score (nSPS) is 12.2. The van der Waals surface area contributed by atoms with Gasteiger partial charge in [0.25, 0.3) is 5.91 Å². The van der Waals surface area contributed by atoms with E-state index in [1.807, 2.05) is 20.8 Å². The largest absolute Gasteiger partial charge is 0.347 e. The van der Waals surface area contributed by atoms with Gasteiger partial charge in [0, 0.05) is 11.1 Å². The Morgan fingerprint density at radius 1 is 1.24 bits per heavy atom. The Morgan fingerprint density at radius 3 is 2.19 bits per heavy atom. The minimum absolute atomic E-state index is 0.00166. The van der Waals surface area contributed by atoms with Crippen LogP contribution in [0.5, 0.6) is 0 Å². The number of carbonyl (C=O) groups excluding carboxylic acids is 1. The van der Waals surface area contributed by atoms with Crippen molar-refractivity contribution in [3.05, 3.63) is 28.8 Å². The summed E-state index contributed by atoms with van der Waals surface area (Å²) in [6.07, 6.45) is 2.38. The lowest BCUT2D eigenvalue weighted by atomic mass is 9.89. The molecule has 3 N–H and O–H groups in total. The molecule has 7 heteroatoms. The fraction of sp³-hybridized carbons (Fsp3) is 0.500. The highest BCUT2D eigenvalue weighted by Crippen LogP contribution is 2.23. The van der Waals surface area contributed by atoms with E-state index >= 15 is 0 Å². The van der Waals surface area contributed by atoms with Gasteiger partial charge in [0.2, 0.25) is 10.0 Å². The van der Waals surface area contributed by atoms with E-state index in [2.05, 4.69) is 5.32 Å². The van der Waals surface area contributed by atoms with Gasteiger partial charge in [0.05, 0.1) is 5.02 Å². The smallest absolute Gasteiger partial charge is 0.251 e. The minimum atomic E-state index is -3.96. The molecule has 0 unspecified atom stereocenters. The molecule has 5 nitrogen and oxygen atoms in total. The maximum Gasteiger partial charge on any atom is 0.251 e. The van der Waals surface area contributed by atoms with Crippen LogP contribution in [0.15, 0.2) is 23.1 Å². The van der Waals surface area contributed by atoms with E-state index in [0.717, 1.165) is 19.3 Å². The van der Waals surface area contributed by atoms with E-state index in [0.29, 0.717) is 0 Å². The molecule has 0 radical (unpaired) electrons. The number of hydrogen-bond acceptors (Lipinski definition) is 3. The number of carbonyl (C=O) groups is 1. The SMILES string of the molecule is CCC(CC)(CC)NC(=O)c1ccc(Cl)c(S(N)(=O)=O)c1. The first-order valence-corrected chi connectivity index (χ1v) is 8.76.